The zero-order chi connectivity index (χ0) is 22.2. The number of nitrogens with zero attached hydrogens (tertiary/aromatic N) is 3. The molecule has 1 aliphatic carbocycles. The summed E-state index contributed by atoms with van der Waals surface area (Å²) in [4.78, 5) is 16.1. The molecule has 1 fully saturated rings. The summed E-state index contributed by atoms with van der Waals surface area (Å²) in [5.41, 5.74) is 0.0580. The van der Waals surface area contributed by atoms with E-state index in [0.717, 1.165) is 25.0 Å². The van der Waals surface area contributed by atoms with Crippen LogP contribution in [0, 0.1) is 11.6 Å². The summed E-state index contributed by atoms with van der Waals surface area (Å²) in [6, 6.07) is 8.09. The van der Waals surface area contributed by atoms with Crippen molar-refractivity contribution in [3.8, 4) is 11.4 Å². The minimum absolute atomic E-state index is 0.285. The first-order valence-corrected chi connectivity index (χ1v) is 11.3. The summed E-state index contributed by atoms with van der Waals surface area (Å²) in [5.74, 6) is -3.07. The van der Waals surface area contributed by atoms with E-state index in [0.29, 0.717) is 24.2 Å². The van der Waals surface area contributed by atoms with Gasteiger partial charge < -0.3 is 5.32 Å². The van der Waals surface area contributed by atoms with E-state index in [2.05, 4.69) is 15.4 Å². The summed E-state index contributed by atoms with van der Waals surface area (Å²) < 4.78 is 56.4. The van der Waals surface area contributed by atoms with Gasteiger partial charge in [0.2, 0.25) is 0 Å². The minimum Gasteiger partial charge on any atom is -0.322 e. The standard InChI is InChI=1S/C21H20F2N4O3S/c1-27-12-24-20(26-27)13-6-8-14(9-7-13)25-21(28)18-16(22)10-11-17(19(18)23)31(29,30)15-4-2-3-5-15/h6-12,15H,2-5H2,1H3,(H,25,28). The number of hydrogen-bond donors (Lipinski definition) is 1. The van der Waals surface area contributed by atoms with Gasteiger partial charge in [0.05, 0.1) is 5.25 Å². The molecule has 0 spiro atoms. The molecule has 1 saturated carbocycles. The van der Waals surface area contributed by atoms with Crippen molar-refractivity contribution in [1.82, 2.24) is 14.8 Å². The van der Waals surface area contributed by atoms with Crippen molar-refractivity contribution in [2.75, 3.05) is 5.32 Å². The number of carbonyl (C=O) groups is 1. The predicted octanol–water partition coefficient (Wildman–Crippen LogP) is 3.73. The molecule has 0 aliphatic heterocycles. The Balaban J connectivity index is 1.60. The maximum Gasteiger partial charge on any atom is 0.261 e. The highest BCUT2D eigenvalue weighted by Gasteiger charge is 2.34. The average molecular weight is 446 g/mol. The van der Waals surface area contributed by atoms with Crippen LogP contribution in [0.3, 0.4) is 0 Å². The molecule has 7 nitrogen and oxygen atoms in total. The molecule has 1 amide bonds. The number of halogens is 2. The number of aryl methyl sites for hydroxylation is 1. The summed E-state index contributed by atoms with van der Waals surface area (Å²) in [6.45, 7) is 0. The number of hydrogen-bond acceptors (Lipinski definition) is 5. The van der Waals surface area contributed by atoms with E-state index in [9.17, 15) is 17.6 Å². The fourth-order valence-corrected chi connectivity index (χ4v) is 5.63. The molecule has 0 radical (unpaired) electrons. The van der Waals surface area contributed by atoms with Crippen LogP contribution in [-0.4, -0.2) is 34.3 Å². The van der Waals surface area contributed by atoms with Gasteiger partial charge in [-0.3, -0.25) is 9.48 Å². The highest BCUT2D eigenvalue weighted by Crippen LogP contribution is 2.32. The number of sulfone groups is 1. The quantitative estimate of drug-likeness (QED) is 0.603. The molecule has 162 valence electrons. The number of rotatable bonds is 5. The van der Waals surface area contributed by atoms with Crippen LogP contribution >= 0.6 is 0 Å². The third-order valence-corrected chi connectivity index (χ3v) is 7.61. The van der Waals surface area contributed by atoms with E-state index >= 15 is 4.39 Å². The lowest BCUT2D eigenvalue weighted by Crippen LogP contribution is -2.22. The maximum atomic E-state index is 15.0. The Hall–Kier alpha value is -3.14. The van der Waals surface area contributed by atoms with Crippen LogP contribution in [-0.2, 0) is 16.9 Å². The number of benzene rings is 2. The zero-order valence-corrected chi connectivity index (χ0v) is 17.5. The zero-order valence-electron chi connectivity index (χ0n) is 16.7. The van der Waals surface area contributed by atoms with Crippen molar-refractivity contribution >= 4 is 21.4 Å². The van der Waals surface area contributed by atoms with E-state index in [1.165, 1.54) is 0 Å². The van der Waals surface area contributed by atoms with Gasteiger partial charge in [0.1, 0.15) is 22.6 Å². The van der Waals surface area contributed by atoms with E-state index < -0.39 is 43.1 Å². The van der Waals surface area contributed by atoms with Gasteiger partial charge in [0.25, 0.3) is 5.91 Å². The van der Waals surface area contributed by atoms with Crippen molar-refractivity contribution in [2.24, 2.45) is 7.05 Å². The molecule has 3 aromatic rings. The molecule has 31 heavy (non-hydrogen) atoms. The van der Waals surface area contributed by atoms with Crippen molar-refractivity contribution in [2.45, 2.75) is 35.8 Å². The first-order valence-electron chi connectivity index (χ1n) is 9.76. The van der Waals surface area contributed by atoms with Crippen LogP contribution < -0.4 is 5.32 Å². The lowest BCUT2D eigenvalue weighted by atomic mass is 10.1. The van der Waals surface area contributed by atoms with Gasteiger partial charge in [-0.05, 0) is 49.2 Å². The molecule has 0 atom stereocenters. The fourth-order valence-electron chi connectivity index (χ4n) is 3.71. The van der Waals surface area contributed by atoms with Gasteiger partial charge in [0.15, 0.2) is 21.5 Å². The Kier molecular flexibility index (Phi) is 5.57. The van der Waals surface area contributed by atoms with Gasteiger partial charge >= 0.3 is 0 Å². The van der Waals surface area contributed by atoms with Gasteiger partial charge in [-0.25, -0.2) is 22.2 Å². The third-order valence-electron chi connectivity index (χ3n) is 5.33. The molecule has 0 unspecified atom stereocenters. The van der Waals surface area contributed by atoms with Gasteiger partial charge in [0, 0.05) is 18.3 Å². The van der Waals surface area contributed by atoms with Gasteiger partial charge in [-0.15, -0.1) is 0 Å². The second-order valence-electron chi connectivity index (χ2n) is 7.46. The molecular weight excluding hydrogens is 426 g/mol. The summed E-state index contributed by atoms with van der Waals surface area (Å²) >= 11 is 0. The highest BCUT2D eigenvalue weighted by molar-refractivity contribution is 7.92. The number of carbonyl (C=O) groups excluding carboxylic acids is 1. The Morgan fingerprint density at radius 2 is 1.77 bits per heavy atom. The Bertz CT molecular complexity index is 1230. The van der Waals surface area contributed by atoms with Crippen LogP contribution in [0.2, 0.25) is 0 Å². The van der Waals surface area contributed by atoms with Gasteiger partial charge in [-0.2, -0.15) is 5.10 Å². The summed E-state index contributed by atoms with van der Waals surface area (Å²) in [5, 5.41) is 5.87. The average Bonchev–Trinajstić information content (AvgIpc) is 3.41. The second kappa shape index (κ2) is 8.18. The lowest BCUT2D eigenvalue weighted by molar-refractivity contribution is 0.101. The minimum atomic E-state index is -3.99. The van der Waals surface area contributed by atoms with Crippen molar-refractivity contribution in [3.63, 3.8) is 0 Å². The van der Waals surface area contributed by atoms with Gasteiger partial charge in [-0.1, -0.05) is 12.8 Å². The molecule has 1 heterocycles. The molecule has 0 bridgehead atoms. The normalized spacial score (nSPS) is 14.7. The number of aromatic nitrogens is 3. The maximum absolute atomic E-state index is 15.0. The monoisotopic (exact) mass is 446 g/mol. The van der Waals surface area contributed by atoms with Crippen LogP contribution in [0.4, 0.5) is 14.5 Å². The van der Waals surface area contributed by atoms with E-state index in [1.54, 1.807) is 42.3 Å². The van der Waals surface area contributed by atoms with E-state index in [4.69, 9.17) is 0 Å². The molecule has 1 aliphatic rings. The predicted molar refractivity (Wildman–Crippen MR) is 110 cm³/mol. The van der Waals surface area contributed by atoms with E-state index in [-0.39, 0.29) is 5.69 Å². The summed E-state index contributed by atoms with van der Waals surface area (Å²) in [6.07, 6.45) is 3.88. The fraction of sp³-hybridized carbons (Fsp3) is 0.286. The highest BCUT2D eigenvalue weighted by atomic mass is 32.2. The molecule has 0 saturated heterocycles. The smallest absolute Gasteiger partial charge is 0.261 e. The molecule has 1 aromatic heterocycles. The SMILES string of the molecule is Cn1cnc(-c2ccc(NC(=O)c3c(F)ccc(S(=O)(=O)C4CCCC4)c3F)cc2)n1. The number of nitrogens with one attached hydrogen (secondary N) is 1. The molecule has 2 aromatic carbocycles. The van der Waals surface area contributed by atoms with Crippen molar-refractivity contribution in [3.05, 3.63) is 59.9 Å². The molecule has 1 N–H and O–H groups in total. The Labute approximate surface area is 178 Å². The van der Waals surface area contributed by atoms with Crippen LogP contribution in [0.5, 0.6) is 0 Å². The van der Waals surface area contributed by atoms with E-state index in [1.807, 2.05) is 0 Å². The van der Waals surface area contributed by atoms with Crippen LogP contribution in [0.15, 0.2) is 47.6 Å². The number of amides is 1. The van der Waals surface area contributed by atoms with Crippen LogP contribution in [0.1, 0.15) is 36.0 Å². The topological polar surface area (TPSA) is 94.0 Å². The second-order valence-corrected chi connectivity index (χ2v) is 9.66. The first-order chi connectivity index (χ1) is 14.8. The van der Waals surface area contributed by atoms with Crippen LogP contribution in [0.25, 0.3) is 11.4 Å². The Morgan fingerprint density at radius 1 is 1.10 bits per heavy atom. The lowest BCUT2D eigenvalue weighted by Gasteiger charge is -2.14. The summed E-state index contributed by atoms with van der Waals surface area (Å²) in [7, 11) is -2.26. The number of anilines is 1. The Morgan fingerprint density at radius 3 is 2.39 bits per heavy atom. The molecule has 10 heteroatoms. The molecule has 4 rings (SSSR count). The van der Waals surface area contributed by atoms with Crippen molar-refractivity contribution < 1.29 is 22.0 Å². The van der Waals surface area contributed by atoms with Crippen molar-refractivity contribution in [1.29, 1.82) is 0 Å². The molecular formula is C21H20F2N4O3S. The first kappa shape index (κ1) is 21.1. The third kappa shape index (κ3) is 4.07. The largest absolute Gasteiger partial charge is 0.322 e.